The highest BCUT2D eigenvalue weighted by Crippen LogP contribution is 2.57. The second kappa shape index (κ2) is 16.4. The molecular formula is C64H48N2. The summed E-state index contributed by atoms with van der Waals surface area (Å²) < 4.78 is 0. The Kier molecular flexibility index (Phi) is 9.80. The molecular weight excluding hydrogens is 797 g/mol. The molecule has 1 N–H and O–H groups in total. The van der Waals surface area contributed by atoms with Crippen molar-refractivity contribution in [2.45, 2.75) is 18.3 Å². The van der Waals surface area contributed by atoms with Gasteiger partial charge in [0.05, 0.1) is 11.1 Å². The number of fused-ring (bicyclic) bond motifs is 5. The molecule has 0 aromatic heterocycles. The number of hydrogen-bond donors (Lipinski definition) is 1. The van der Waals surface area contributed by atoms with Gasteiger partial charge >= 0.3 is 0 Å². The predicted octanol–water partition coefficient (Wildman–Crippen LogP) is 17.1. The van der Waals surface area contributed by atoms with E-state index in [0.29, 0.717) is 11.8 Å². The molecule has 2 unspecified atom stereocenters. The minimum Gasteiger partial charge on any atom is -0.355 e. The molecule has 0 saturated carbocycles. The Hall–Kier alpha value is -8.20. The number of anilines is 5. The van der Waals surface area contributed by atoms with Crippen LogP contribution in [-0.4, -0.2) is 0 Å². The van der Waals surface area contributed by atoms with Gasteiger partial charge in [-0.1, -0.05) is 207 Å². The third kappa shape index (κ3) is 6.64. The average Bonchev–Trinajstić information content (AvgIpc) is 3.68. The Labute approximate surface area is 387 Å². The SMILES string of the molecule is CC1C=CC=CC1c1cc2ccccc2cc1Nc1ccc(-c2ccc(N(c3ccc4c(c3)C(c3ccccc3)(c3ccccc3)c3ccccc3-4)c3cccc4ccccc34)cc2)cc1. The van der Waals surface area contributed by atoms with Crippen molar-refractivity contribution in [3.05, 3.63) is 283 Å². The molecule has 0 radical (unpaired) electrons. The first kappa shape index (κ1) is 39.4. The standard InChI is InChI=1S/C64H48N2/c1-44-17-8-12-26-55(44)59-41-48-19-9-10-20-49(48)42-62(59)65-52-35-31-45(32-36-52)46-33-37-53(38-34-46)66(63-30-16-21-47-18-11-13-27-56(47)63)54-39-40-58-57-28-14-15-29-60(57)64(61(58)43-54,50-22-4-2-5-23-50)51-24-6-3-7-25-51/h2-44,55,65H,1H3. The van der Waals surface area contributed by atoms with Crippen LogP contribution in [0.1, 0.15) is 40.7 Å². The van der Waals surface area contributed by atoms with Gasteiger partial charge in [0.1, 0.15) is 0 Å². The quantitative estimate of drug-likeness (QED) is 0.156. The number of benzene rings is 10. The van der Waals surface area contributed by atoms with Gasteiger partial charge < -0.3 is 10.2 Å². The molecule has 0 aliphatic heterocycles. The molecule has 12 rings (SSSR count). The van der Waals surface area contributed by atoms with Gasteiger partial charge in [-0.3, -0.25) is 0 Å². The Bertz CT molecular complexity index is 3410. The molecule has 2 atom stereocenters. The molecule has 66 heavy (non-hydrogen) atoms. The summed E-state index contributed by atoms with van der Waals surface area (Å²) in [5, 5.41) is 8.73. The minimum absolute atomic E-state index is 0.303. The molecule has 2 nitrogen and oxygen atoms in total. The fraction of sp³-hybridized carbons (Fsp3) is 0.0625. The van der Waals surface area contributed by atoms with Gasteiger partial charge in [0.15, 0.2) is 0 Å². The van der Waals surface area contributed by atoms with Crippen molar-refractivity contribution in [1.29, 1.82) is 0 Å². The minimum atomic E-state index is -0.502. The Morgan fingerprint density at radius 1 is 0.439 bits per heavy atom. The highest BCUT2D eigenvalue weighted by Gasteiger charge is 2.46. The van der Waals surface area contributed by atoms with Gasteiger partial charge in [-0.15, -0.1) is 0 Å². The van der Waals surface area contributed by atoms with E-state index in [0.717, 1.165) is 28.4 Å². The van der Waals surface area contributed by atoms with E-state index in [2.05, 4.69) is 272 Å². The molecule has 2 aliphatic carbocycles. The van der Waals surface area contributed by atoms with Gasteiger partial charge in [0.2, 0.25) is 0 Å². The van der Waals surface area contributed by atoms with Crippen molar-refractivity contribution < 1.29 is 0 Å². The smallest absolute Gasteiger partial charge is 0.0714 e. The molecule has 2 aliphatic rings. The third-order valence-electron chi connectivity index (χ3n) is 14.0. The van der Waals surface area contributed by atoms with E-state index in [-0.39, 0.29) is 0 Å². The van der Waals surface area contributed by atoms with Gasteiger partial charge in [0.25, 0.3) is 0 Å². The van der Waals surface area contributed by atoms with Crippen molar-refractivity contribution >= 4 is 50.0 Å². The van der Waals surface area contributed by atoms with E-state index in [4.69, 9.17) is 0 Å². The lowest BCUT2D eigenvalue weighted by Crippen LogP contribution is -2.28. The third-order valence-corrected chi connectivity index (χ3v) is 14.0. The van der Waals surface area contributed by atoms with Gasteiger partial charge in [-0.2, -0.15) is 0 Å². The van der Waals surface area contributed by atoms with E-state index < -0.39 is 5.41 Å². The Balaban J connectivity index is 0.939. The first-order valence-corrected chi connectivity index (χ1v) is 23.1. The number of nitrogens with one attached hydrogen (secondary N) is 1. The van der Waals surface area contributed by atoms with Crippen LogP contribution in [0, 0.1) is 5.92 Å². The van der Waals surface area contributed by atoms with Crippen LogP contribution in [0.4, 0.5) is 28.4 Å². The zero-order valence-electron chi connectivity index (χ0n) is 36.9. The first-order chi connectivity index (χ1) is 32.6. The van der Waals surface area contributed by atoms with Crippen LogP contribution in [0.25, 0.3) is 43.8 Å². The lowest BCUT2D eigenvalue weighted by molar-refractivity contribution is 0.637. The number of hydrogen-bond acceptors (Lipinski definition) is 2. The maximum atomic E-state index is 3.82. The number of nitrogens with zero attached hydrogens (tertiary/aromatic N) is 1. The summed E-state index contributed by atoms with van der Waals surface area (Å²) in [6.45, 7) is 2.30. The zero-order chi connectivity index (χ0) is 44.0. The van der Waals surface area contributed by atoms with E-state index in [1.54, 1.807) is 0 Å². The Morgan fingerprint density at radius 3 is 1.74 bits per heavy atom. The average molecular weight is 845 g/mol. The van der Waals surface area contributed by atoms with Crippen LogP contribution in [0.2, 0.25) is 0 Å². The van der Waals surface area contributed by atoms with Crippen LogP contribution < -0.4 is 10.2 Å². The summed E-state index contributed by atoms with van der Waals surface area (Å²) >= 11 is 0. The molecule has 0 bridgehead atoms. The monoisotopic (exact) mass is 844 g/mol. The van der Waals surface area contributed by atoms with E-state index >= 15 is 0 Å². The van der Waals surface area contributed by atoms with E-state index in [1.165, 1.54) is 71.6 Å². The van der Waals surface area contributed by atoms with Crippen LogP contribution >= 0.6 is 0 Å². The highest BCUT2D eigenvalue weighted by atomic mass is 15.1. The molecule has 0 spiro atoms. The van der Waals surface area contributed by atoms with Gasteiger partial charge in [-0.05, 0) is 127 Å². The van der Waals surface area contributed by atoms with E-state index in [9.17, 15) is 0 Å². The molecule has 0 fully saturated rings. The highest BCUT2D eigenvalue weighted by molar-refractivity contribution is 6.00. The van der Waals surface area contributed by atoms with Crippen molar-refractivity contribution in [1.82, 2.24) is 0 Å². The van der Waals surface area contributed by atoms with Crippen LogP contribution in [-0.2, 0) is 5.41 Å². The number of rotatable bonds is 9. The Morgan fingerprint density at radius 2 is 1.02 bits per heavy atom. The van der Waals surface area contributed by atoms with Gasteiger partial charge in [0, 0.05) is 34.1 Å². The van der Waals surface area contributed by atoms with Crippen LogP contribution in [0.3, 0.4) is 0 Å². The molecule has 10 aromatic carbocycles. The van der Waals surface area contributed by atoms with Crippen molar-refractivity contribution in [2.24, 2.45) is 5.92 Å². The molecule has 10 aromatic rings. The lowest BCUT2D eigenvalue weighted by Gasteiger charge is -2.35. The summed E-state index contributed by atoms with van der Waals surface area (Å²) in [7, 11) is 0. The fourth-order valence-electron chi connectivity index (χ4n) is 10.9. The number of allylic oxidation sites excluding steroid dienone is 4. The normalized spacial score (nSPS) is 15.7. The molecule has 0 amide bonds. The second-order valence-electron chi connectivity index (χ2n) is 17.8. The molecule has 0 heterocycles. The van der Waals surface area contributed by atoms with Crippen LogP contribution in [0.5, 0.6) is 0 Å². The fourth-order valence-corrected chi connectivity index (χ4v) is 10.9. The molecule has 314 valence electrons. The summed E-state index contributed by atoms with van der Waals surface area (Å²) in [6.07, 6.45) is 8.98. The first-order valence-electron chi connectivity index (χ1n) is 23.1. The molecule has 2 heteroatoms. The second-order valence-corrected chi connectivity index (χ2v) is 17.8. The largest absolute Gasteiger partial charge is 0.355 e. The van der Waals surface area contributed by atoms with Crippen molar-refractivity contribution in [3.63, 3.8) is 0 Å². The maximum Gasteiger partial charge on any atom is 0.0714 e. The van der Waals surface area contributed by atoms with Crippen molar-refractivity contribution in [2.75, 3.05) is 10.2 Å². The lowest BCUT2D eigenvalue weighted by atomic mass is 9.67. The van der Waals surface area contributed by atoms with Crippen LogP contribution in [0.15, 0.2) is 255 Å². The predicted molar refractivity (Wildman–Crippen MR) is 279 cm³/mol. The van der Waals surface area contributed by atoms with Gasteiger partial charge in [-0.25, -0.2) is 0 Å². The summed E-state index contributed by atoms with van der Waals surface area (Å²) in [6, 6.07) is 84.9. The maximum absolute atomic E-state index is 3.82. The van der Waals surface area contributed by atoms with E-state index in [1.807, 2.05) is 0 Å². The molecule has 0 saturated heterocycles. The summed E-state index contributed by atoms with van der Waals surface area (Å²) in [5.41, 5.74) is 16.4. The summed E-state index contributed by atoms with van der Waals surface area (Å²) in [4.78, 5) is 2.45. The zero-order valence-corrected chi connectivity index (χ0v) is 36.9. The summed E-state index contributed by atoms with van der Waals surface area (Å²) in [5.74, 6) is 0.715. The van der Waals surface area contributed by atoms with Crippen molar-refractivity contribution in [3.8, 4) is 22.3 Å². The topological polar surface area (TPSA) is 15.3 Å².